The maximum Gasteiger partial charge on any atom is 0.220 e. The summed E-state index contributed by atoms with van der Waals surface area (Å²) in [6.07, 6.45) is 4.52. The van der Waals surface area contributed by atoms with Crippen molar-refractivity contribution in [3.63, 3.8) is 0 Å². The number of nitrogens with zero attached hydrogens (tertiary/aromatic N) is 4. The van der Waals surface area contributed by atoms with Crippen LogP contribution in [0.25, 0.3) is 6.08 Å². The number of imidazole rings is 1. The Labute approximate surface area is 152 Å². The van der Waals surface area contributed by atoms with Crippen LogP contribution in [0.3, 0.4) is 0 Å². The fourth-order valence-corrected chi connectivity index (χ4v) is 3.03. The third-order valence-corrected chi connectivity index (χ3v) is 4.27. The van der Waals surface area contributed by atoms with Gasteiger partial charge in [-0.3, -0.25) is 4.57 Å². The lowest BCUT2D eigenvalue weighted by Gasteiger charge is -2.20. The van der Waals surface area contributed by atoms with Crippen LogP contribution in [0.4, 0.5) is 5.95 Å². The van der Waals surface area contributed by atoms with Crippen molar-refractivity contribution in [1.82, 2.24) is 9.55 Å². The molecule has 0 spiro atoms. The monoisotopic (exact) mass is 355 g/mol. The molecule has 138 valence electrons. The number of methoxy groups -OCH3 is 1. The van der Waals surface area contributed by atoms with Crippen molar-refractivity contribution in [3.8, 4) is 5.88 Å². The zero-order chi connectivity index (χ0) is 18.7. The Balaban J connectivity index is 1.88. The van der Waals surface area contributed by atoms with Crippen molar-refractivity contribution in [2.45, 2.75) is 26.3 Å². The van der Waals surface area contributed by atoms with Crippen molar-refractivity contribution in [1.29, 1.82) is 0 Å². The number of ether oxygens (including phenoxy) is 1. The van der Waals surface area contributed by atoms with E-state index >= 15 is 0 Å². The minimum atomic E-state index is 0.118. The SMILES string of the molecule is COC[C@@H](CC(C)C)Nc1nc(C=c2ccc3c(c2)C=NN=3)c(O)n1C. The van der Waals surface area contributed by atoms with Gasteiger partial charge in [-0.05, 0) is 35.8 Å². The second-order valence-corrected chi connectivity index (χ2v) is 6.94. The van der Waals surface area contributed by atoms with Crippen LogP contribution in [-0.2, 0) is 11.8 Å². The van der Waals surface area contributed by atoms with E-state index in [-0.39, 0.29) is 11.9 Å². The second kappa shape index (κ2) is 7.70. The molecule has 0 saturated carbocycles. The molecule has 0 fully saturated rings. The maximum atomic E-state index is 10.5. The van der Waals surface area contributed by atoms with E-state index in [0.717, 1.165) is 22.6 Å². The number of aromatic hydroxyl groups is 1. The van der Waals surface area contributed by atoms with Gasteiger partial charge in [0.05, 0.1) is 24.2 Å². The zero-order valence-electron chi connectivity index (χ0n) is 15.6. The van der Waals surface area contributed by atoms with E-state index < -0.39 is 0 Å². The number of anilines is 1. The highest BCUT2D eigenvalue weighted by Gasteiger charge is 2.17. The normalized spacial score (nSPS) is 14.6. The van der Waals surface area contributed by atoms with E-state index in [4.69, 9.17) is 4.74 Å². The standard InChI is InChI=1S/C19H25N5O2/c1-12(2)7-15(11-26-4)21-19-22-17(18(25)24(19)3)9-13-5-6-16-14(8-13)10-20-23-16/h5-6,8-10,12,15,25H,7,11H2,1-4H3,(H,21,22)/t15-/m1/s1. The lowest BCUT2D eigenvalue weighted by Crippen LogP contribution is -2.28. The van der Waals surface area contributed by atoms with E-state index in [2.05, 4.69) is 34.4 Å². The van der Waals surface area contributed by atoms with Gasteiger partial charge in [0.15, 0.2) is 0 Å². The summed E-state index contributed by atoms with van der Waals surface area (Å²) in [4.78, 5) is 4.56. The summed E-state index contributed by atoms with van der Waals surface area (Å²) in [5.74, 6) is 1.27. The van der Waals surface area contributed by atoms with Gasteiger partial charge >= 0.3 is 0 Å². The molecule has 0 aliphatic carbocycles. The van der Waals surface area contributed by atoms with Gasteiger partial charge in [0.1, 0.15) is 5.69 Å². The molecule has 0 unspecified atom stereocenters. The number of fused-ring (bicyclic) bond motifs is 1. The quantitative estimate of drug-likeness (QED) is 0.786. The number of hydrogen-bond acceptors (Lipinski definition) is 6. The summed E-state index contributed by atoms with van der Waals surface area (Å²) >= 11 is 0. The van der Waals surface area contributed by atoms with Crippen LogP contribution in [-0.4, -0.2) is 40.6 Å². The van der Waals surface area contributed by atoms with Crippen LogP contribution in [0.5, 0.6) is 5.88 Å². The van der Waals surface area contributed by atoms with Crippen LogP contribution in [0.2, 0.25) is 0 Å². The number of hydrogen-bond donors (Lipinski definition) is 2. The van der Waals surface area contributed by atoms with E-state index in [1.165, 1.54) is 0 Å². The smallest absolute Gasteiger partial charge is 0.220 e. The van der Waals surface area contributed by atoms with E-state index in [9.17, 15) is 5.11 Å². The molecule has 7 nitrogen and oxygen atoms in total. The summed E-state index contributed by atoms with van der Waals surface area (Å²) < 4.78 is 6.95. The van der Waals surface area contributed by atoms with E-state index in [1.54, 1.807) is 24.9 Å². The molecule has 1 aromatic carbocycles. The fraction of sp³-hybridized carbons (Fsp3) is 0.421. The minimum Gasteiger partial charge on any atom is -0.493 e. The van der Waals surface area contributed by atoms with Gasteiger partial charge < -0.3 is 15.2 Å². The molecule has 3 rings (SSSR count). The predicted octanol–water partition coefficient (Wildman–Crippen LogP) is 1.39. The minimum absolute atomic E-state index is 0.118. The summed E-state index contributed by atoms with van der Waals surface area (Å²) in [6.45, 7) is 4.92. The predicted molar refractivity (Wildman–Crippen MR) is 102 cm³/mol. The van der Waals surface area contributed by atoms with Gasteiger partial charge in [0, 0.05) is 19.7 Å². The largest absolute Gasteiger partial charge is 0.493 e. The number of aromatic nitrogens is 2. The number of nitrogens with one attached hydrogen (secondary N) is 1. The summed E-state index contributed by atoms with van der Waals surface area (Å²) in [5, 5.41) is 23.5. The van der Waals surface area contributed by atoms with Gasteiger partial charge in [-0.2, -0.15) is 10.2 Å². The topological polar surface area (TPSA) is 84.0 Å². The van der Waals surface area contributed by atoms with Crippen molar-refractivity contribution < 1.29 is 9.84 Å². The third kappa shape index (κ3) is 3.94. The second-order valence-electron chi connectivity index (χ2n) is 6.94. The third-order valence-electron chi connectivity index (χ3n) is 4.27. The van der Waals surface area contributed by atoms with Crippen LogP contribution in [0.1, 0.15) is 31.5 Å². The highest BCUT2D eigenvalue weighted by Crippen LogP contribution is 2.23. The molecule has 1 atom stereocenters. The first-order valence-corrected chi connectivity index (χ1v) is 8.72. The van der Waals surface area contributed by atoms with E-state index in [0.29, 0.717) is 24.2 Å². The maximum absolute atomic E-state index is 10.5. The Morgan fingerprint density at radius 3 is 2.88 bits per heavy atom. The number of benzene rings is 1. The molecular weight excluding hydrogens is 330 g/mol. The average molecular weight is 355 g/mol. The molecular formula is C19H25N5O2. The Kier molecular flexibility index (Phi) is 5.37. The molecule has 0 saturated heterocycles. The zero-order valence-corrected chi connectivity index (χ0v) is 15.6. The molecule has 2 heterocycles. The fourth-order valence-electron chi connectivity index (χ4n) is 3.03. The van der Waals surface area contributed by atoms with Crippen molar-refractivity contribution >= 4 is 18.2 Å². The van der Waals surface area contributed by atoms with Gasteiger partial charge in [0.25, 0.3) is 0 Å². The highest BCUT2D eigenvalue weighted by atomic mass is 16.5. The molecule has 1 aliphatic heterocycles. The number of rotatable bonds is 7. The van der Waals surface area contributed by atoms with Crippen LogP contribution in [0.15, 0.2) is 28.4 Å². The lowest BCUT2D eigenvalue weighted by atomic mass is 10.0. The molecule has 0 bridgehead atoms. The Morgan fingerprint density at radius 1 is 1.35 bits per heavy atom. The molecule has 7 heteroatoms. The van der Waals surface area contributed by atoms with Gasteiger partial charge in [-0.25, -0.2) is 4.98 Å². The Bertz CT molecular complexity index is 930. The first-order chi connectivity index (χ1) is 12.5. The summed E-state index contributed by atoms with van der Waals surface area (Å²) in [7, 11) is 3.48. The first-order valence-electron chi connectivity index (χ1n) is 8.72. The molecule has 0 amide bonds. The van der Waals surface area contributed by atoms with Crippen molar-refractivity contribution in [2.75, 3.05) is 19.0 Å². The molecule has 26 heavy (non-hydrogen) atoms. The highest BCUT2D eigenvalue weighted by molar-refractivity contribution is 5.80. The van der Waals surface area contributed by atoms with Crippen molar-refractivity contribution in [2.24, 2.45) is 23.2 Å². The first kappa shape index (κ1) is 18.1. The molecule has 1 aliphatic rings. The molecule has 1 aromatic heterocycles. The van der Waals surface area contributed by atoms with Crippen LogP contribution in [0, 0.1) is 5.92 Å². The summed E-state index contributed by atoms with van der Waals surface area (Å²) in [6, 6.07) is 5.95. The average Bonchev–Trinajstić information content (AvgIpc) is 3.15. The molecule has 2 aromatic rings. The van der Waals surface area contributed by atoms with Crippen LogP contribution >= 0.6 is 0 Å². The Morgan fingerprint density at radius 2 is 2.15 bits per heavy atom. The van der Waals surface area contributed by atoms with Crippen LogP contribution < -0.4 is 15.9 Å². The lowest BCUT2D eigenvalue weighted by molar-refractivity contribution is 0.177. The van der Waals surface area contributed by atoms with Gasteiger partial charge in [-0.15, -0.1) is 0 Å². The van der Waals surface area contributed by atoms with Crippen molar-refractivity contribution in [3.05, 3.63) is 40.0 Å². The Hall–Kier alpha value is -2.67. The van der Waals surface area contributed by atoms with Gasteiger partial charge in [0.2, 0.25) is 11.8 Å². The summed E-state index contributed by atoms with van der Waals surface area (Å²) in [5.41, 5.74) is 1.48. The molecule has 0 radical (unpaired) electrons. The van der Waals surface area contributed by atoms with Gasteiger partial charge in [-0.1, -0.05) is 19.9 Å². The molecule has 2 N–H and O–H groups in total. The van der Waals surface area contributed by atoms with E-state index in [1.807, 2.05) is 24.3 Å².